The fourth-order valence-electron chi connectivity index (χ4n) is 6.18. The van der Waals surface area contributed by atoms with Crippen molar-refractivity contribution in [2.75, 3.05) is 19.6 Å². The molecule has 1 aromatic carbocycles. The third-order valence-electron chi connectivity index (χ3n) is 7.91. The van der Waals surface area contributed by atoms with Crippen molar-refractivity contribution in [3.8, 4) is 0 Å². The van der Waals surface area contributed by atoms with E-state index in [0.29, 0.717) is 25.5 Å². The molecule has 1 N–H and O–H groups in total. The highest BCUT2D eigenvalue weighted by Crippen LogP contribution is 2.59. The molecule has 33 heavy (non-hydrogen) atoms. The minimum absolute atomic E-state index is 0.00810. The van der Waals surface area contributed by atoms with Gasteiger partial charge in [0, 0.05) is 38.1 Å². The molecular weight excluding hydrogens is 412 g/mol. The maximum atomic E-state index is 13.5. The van der Waals surface area contributed by atoms with E-state index in [4.69, 9.17) is 0 Å². The van der Waals surface area contributed by atoms with Gasteiger partial charge in [0.2, 0.25) is 5.91 Å². The van der Waals surface area contributed by atoms with Crippen molar-refractivity contribution >= 4 is 11.9 Å². The van der Waals surface area contributed by atoms with Crippen LogP contribution < -0.4 is 5.32 Å². The number of benzene rings is 1. The predicted octanol–water partition coefficient (Wildman–Crippen LogP) is 4.33. The number of piperidine rings is 1. The van der Waals surface area contributed by atoms with Crippen LogP contribution >= 0.6 is 0 Å². The predicted molar refractivity (Wildman–Crippen MR) is 127 cm³/mol. The zero-order chi connectivity index (χ0) is 22.7. The van der Waals surface area contributed by atoms with Crippen molar-refractivity contribution in [3.63, 3.8) is 0 Å². The molecule has 174 valence electrons. The van der Waals surface area contributed by atoms with Crippen molar-refractivity contribution in [1.82, 2.24) is 20.1 Å². The van der Waals surface area contributed by atoms with Crippen LogP contribution in [0, 0.1) is 5.41 Å². The van der Waals surface area contributed by atoms with Crippen molar-refractivity contribution < 1.29 is 9.59 Å². The first-order valence-corrected chi connectivity index (χ1v) is 12.5. The Morgan fingerprint density at radius 3 is 2.39 bits per heavy atom. The zero-order valence-electron chi connectivity index (χ0n) is 19.3. The minimum Gasteiger partial charge on any atom is -0.338 e. The van der Waals surface area contributed by atoms with Crippen molar-refractivity contribution in [1.29, 1.82) is 0 Å². The number of amides is 3. The molecule has 3 heterocycles. The van der Waals surface area contributed by atoms with E-state index in [1.807, 2.05) is 35.5 Å². The number of pyridine rings is 1. The Hall–Kier alpha value is -2.89. The summed E-state index contributed by atoms with van der Waals surface area (Å²) in [6.45, 7) is 2.03. The van der Waals surface area contributed by atoms with Crippen LogP contribution in [0.4, 0.5) is 4.79 Å². The molecule has 3 amide bonds. The van der Waals surface area contributed by atoms with E-state index in [1.54, 1.807) is 0 Å². The first-order chi connectivity index (χ1) is 16.2. The minimum atomic E-state index is -0.217. The first-order valence-electron chi connectivity index (χ1n) is 12.5. The number of β-lactam (4-membered cyclic amide) rings is 1. The van der Waals surface area contributed by atoms with Crippen LogP contribution in [0.25, 0.3) is 0 Å². The molecule has 5 rings (SSSR count). The maximum Gasteiger partial charge on any atom is 0.317 e. The molecule has 0 radical (unpaired) electrons. The number of rotatable bonds is 5. The van der Waals surface area contributed by atoms with E-state index in [-0.39, 0.29) is 23.5 Å². The molecule has 2 aliphatic heterocycles. The van der Waals surface area contributed by atoms with E-state index in [9.17, 15) is 9.59 Å². The SMILES string of the molecule is O=C(NCCc1ccccc1)N1CCC(N2C(=O)C3(CCCCC3)C2c2ccncc2)CC1. The van der Waals surface area contributed by atoms with Crippen LogP contribution in [0.15, 0.2) is 54.9 Å². The largest absolute Gasteiger partial charge is 0.338 e. The summed E-state index contributed by atoms with van der Waals surface area (Å²) in [5.74, 6) is 0.342. The van der Waals surface area contributed by atoms with Gasteiger partial charge in [-0.2, -0.15) is 0 Å². The number of likely N-dealkylation sites (tertiary alicyclic amines) is 2. The molecule has 2 saturated heterocycles. The standard InChI is InChI=1S/C27H34N4O2/c32-25-27(14-5-2-6-15-27)24(22-10-16-28-17-11-22)31(25)23-12-19-30(20-13-23)26(33)29-18-9-21-7-3-1-4-8-21/h1,3-4,7-8,10-11,16-17,23-24H,2,5-6,9,12-15,18-20H2,(H,29,33). The Bertz CT molecular complexity index is 951. The van der Waals surface area contributed by atoms with Gasteiger partial charge >= 0.3 is 6.03 Å². The van der Waals surface area contributed by atoms with Crippen LogP contribution in [0.1, 0.15) is 62.1 Å². The zero-order valence-corrected chi connectivity index (χ0v) is 19.3. The topological polar surface area (TPSA) is 65.5 Å². The number of aromatic nitrogens is 1. The van der Waals surface area contributed by atoms with Crippen LogP contribution in [0.3, 0.4) is 0 Å². The normalized spacial score (nSPS) is 22.8. The third-order valence-corrected chi connectivity index (χ3v) is 7.91. The lowest BCUT2D eigenvalue weighted by atomic mass is 9.59. The number of nitrogens with one attached hydrogen (secondary N) is 1. The van der Waals surface area contributed by atoms with E-state index < -0.39 is 0 Å². The van der Waals surface area contributed by atoms with Gasteiger partial charge in [-0.3, -0.25) is 9.78 Å². The van der Waals surface area contributed by atoms with Crippen molar-refractivity contribution in [3.05, 3.63) is 66.0 Å². The summed E-state index contributed by atoms with van der Waals surface area (Å²) in [7, 11) is 0. The molecule has 1 spiro atoms. The van der Waals surface area contributed by atoms with Gasteiger partial charge in [0.15, 0.2) is 0 Å². The van der Waals surface area contributed by atoms with Gasteiger partial charge < -0.3 is 15.1 Å². The Morgan fingerprint density at radius 2 is 1.70 bits per heavy atom. The molecule has 2 aromatic rings. The smallest absolute Gasteiger partial charge is 0.317 e. The highest BCUT2D eigenvalue weighted by molar-refractivity contribution is 5.91. The quantitative estimate of drug-likeness (QED) is 0.695. The molecule has 3 fully saturated rings. The summed E-state index contributed by atoms with van der Waals surface area (Å²) in [4.78, 5) is 34.5. The number of hydrogen-bond acceptors (Lipinski definition) is 3. The molecule has 6 nitrogen and oxygen atoms in total. The molecule has 1 aliphatic carbocycles. The molecule has 6 heteroatoms. The molecular formula is C27H34N4O2. The Labute approximate surface area is 196 Å². The van der Waals surface area contributed by atoms with Gasteiger partial charge in [-0.1, -0.05) is 49.6 Å². The van der Waals surface area contributed by atoms with Gasteiger partial charge in [-0.25, -0.2) is 4.79 Å². The number of carbonyl (C=O) groups excluding carboxylic acids is 2. The number of urea groups is 1. The lowest BCUT2D eigenvalue weighted by molar-refractivity contribution is -0.186. The number of hydrogen-bond donors (Lipinski definition) is 1. The number of nitrogens with zero attached hydrogens (tertiary/aromatic N) is 3. The molecule has 1 saturated carbocycles. The average molecular weight is 447 g/mol. The number of carbonyl (C=O) groups is 2. The van der Waals surface area contributed by atoms with E-state index in [1.165, 1.54) is 17.5 Å². The molecule has 1 atom stereocenters. The highest BCUT2D eigenvalue weighted by Gasteiger charge is 2.62. The summed E-state index contributed by atoms with van der Waals surface area (Å²) in [6, 6.07) is 14.7. The average Bonchev–Trinajstić information content (AvgIpc) is 2.88. The van der Waals surface area contributed by atoms with Gasteiger partial charge in [-0.05, 0) is 55.4 Å². The van der Waals surface area contributed by atoms with Crippen LogP contribution in [-0.2, 0) is 11.2 Å². The van der Waals surface area contributed by atoms with E-state index >= 15 is 0 Å². The van der Waals surface area contributed by atoms with Crippen LogP contribution in [0.2, 0.25) is 0 Å². The monoisotopic (exact) mass is 446 g/mol. The summed E-state index contributed by atoms with van der Waals surface area (Å²) in [5, 5.41) is 3.06. The Kier molecular flexibility index (Phi) is 6.34. The van der Waals surface area contributed by atoms with Gasteiger partial charge in [0.1, 0.15) is 0 Å². The third kappa shape index (κ3) is 4.23. The Morgan fingerprint density at radius 1 is 1.00 bits per heavy atom. The first kappa shape index (κ1) is 21.9. The van der Waals surface area contributed by atoms with E-state index in [0.717, 1.165) is 44.9 Å². The fourth-order valence-corrected chi connectivity index (χ4v) is 6.18. The molecule has 1 aromatic heterocycles. The summed E-state index contributed by atoms with van der Waals surface area (Å²) in [6.07, 6.45) is 11.7. The fraction of sp³-hybridized carbons (Fsp3) is 0.519. The second-order valence-electron chi connectivity index (χ2n) is 9.80. The van der Waals surface area contributed by atoms with Crippen LogP contribution in [0.5, 0.6) is 0 Å². The summed E-state index contributed by atoms with van der Waals surface area (Å²) < 4.78 is 0. The molecule has 0 bridgehead atoms. The second kappa shape index (κ2) is 9.54. The van der Waals surface area contributed by atoms with Crippen molar-refractivity contribution in [2.45, 2.75) is 63.5 Å². The maximum absolute atomic E-state index is 13.5. The summed E-state index contributed by atoms with van der Waals surface area (Å²) >= 11 is 0. The van der Waals surface area contributed by atoms with E-state index in [2.05, 4.69) is 39.5 Å². The van der Waals surface area contributed by atoms with Gasteiger partial charge in [-0.15, -0.1) is 0 Å². The molecule has 1 unspecified atom stereocenters. The molecule has 3 aliphatic rings. The van der Waals surface area contributed by atoms with Gasteiger partial charge in [0.25, 0.3) is 0 Å². The highest BCUT2D eigenvalue weighted by atomic mass is 16.2. The second-order valence-corrected chi connectivity index (χ2v) is 9.80. The van der Waals surface area contributed by atoms with Crippen LogP contribution in [-0.4, -0.2) is 52.4 Å². The lowest BCUT2D eigenvalue weighted by Crippen LogP contribution is -2.68. The lowest BCUT2D eigenvalue weighted by Gasteiger charge is -2.61. The van der Waals surface area contributed by atoms with Gasteiger partial charge in [0.05, 0.1) is 11.5 Å². The van der Waals surface area contributed by atoms with Crippen molar-refractivity contribution in [2.24, 2.45) is 5.41 Å². The Balaban J connectivity index is 1.19. The summed E-state index contributed by atoms with van der Waals surface area (Å²) in [5.41, 5.74) is 2.23.